The highest BCUT2D eigenvalue weighted by Crippen LogP contribution is 2.25. The minimum Gasteiger partial charge on any atom is -0.393 e. The Morgan fingerprint density at radius 2 is 2.05 bits per heavy atom. The van der Waals surface area contributed by atoms with E-state index in [1.54, 1.807) is 0 Å². The van der Waals surface area contributed by atoms with Gasteiger partial charge in [0.1, 0.15) is 5.82 Å². The molecule has 106 valence electrons. The first-order valence-corrected chi connectivity index (χ1v) is 7.17. The molecular weight excluding hydrogens is 240 g/mol. The molecule has 2 N–H and O–H groups in total. The lowest BCUT2D eigenvalue weighted by molar-refractivity contribution is 0.110. The first kappa shape index (κ1) is 14.3. The highest BCUT2D eigenvalue weighted by atomic mass is 16.3. The maximum Gasteiger partial charge on any atom is 0.129 e. The van der Waals surface area contributed by atoms with Crippen LogP contribution in [0.15, 0.2) is 12.1 Å². The highest BCUT2D eigenvalue weighted by Gasteiger charge is 2.23. The fourth-order valence-electron chi connectivity index (χ4n) is 2.68. The Morgan fingerprint density at radius 1 is 1.37 bits per heavy atom. The molecule has 4 nitrogen and oxygen atoms in total. The zero-order valence-corrected chi connectivity index (χ0v) is 11.8. The summed E-state index contributed by atoms with van der Waals surface area (Å²) in [6.07, 6.45) is 2.67. The number of aromatic nitrogens is 1. The smallest absolute Gasteiger partial charge is 0.129 e. The Morgan fingerprint density at radius 3 is 2.58 bits per heavy atom. The Kier molecular flexibility index (Phi) is 4.77. The number of hydrogen-bond donors (Lipinski definition) is 2. The number of aliphatic hydroxyl groups excluding tert-OH is 2. The second-order valence-electron chi connectivity index (χ2n) is 5.40. The molecule has 1 aliphatic rings. The largest absolute Gasteiger partial charge is 0.393 e. The van der Waals surface area contributed by atoms with Crippen LogP contribution in [0.1, 0.15) is 37.9 Å². The lowest BCUT2D eigenvalue weighted by Crippen LogP contribution is -2.37. The summed E-state index contributed by atoms with van der Waals surface area (Å²) in [6.45, 7) is 5.88. The van der Waals surface area contributed by atoms with Crippen LogP contribution in [0.4, 0.5) is 5.82 Å². The summed E-state index contributed by atoms with van der Waals surface area (Å²) in [5, 5.41) is 18.9. The molecule has 2 rings (SSSR count). The summed E-state index contributed by atoms with van der Waals surface area (Å²) in [5.41, 5.74) is 1.96. The van der Waals surface area contributed by atoms with E-state index in [0.29, 0.717) is 5.92 Å². The standard InChI is InChI=1S/C15H24N2O2/c1-3-14-8-12(10-18)9-15(16-14)17-6-4-13(5-7-17)11(2)19/h8-9,11,13,18-19H,3-7,10H2,1-2H3. The Hall–Kier alpha value is -1.13. The summed E-state index contributed by atoms with van der Waals surface area (Å²) in [7, 11) is 0. The van der Waals surface area contributed by atoms with Gasteiger partial charge in [0.15, 0.2) is 0 Å². The highest BCUT2D eigenvalue weighted by molar-refractivity contribution is 5.43. The molecule has 1 aliphatic heterocycles. The van der Waals surface area contributed by atoms with Crippen molar-refractivity contribution >= 4 is 5.82 Å². The second kappa shape index (κ2) is 6.35. The molecule has 2 heterocycles. The summed E-state index contributed by atoms with van der Waals surface area (Å²) >= 11 is 0. The van der Waals surface area contributed by atoms with Gasteiger partial charge in [-0.25, -0.2) is 4.98 Å². The number of rotatable bonds is 4. The number of hydrogen-bond acceptors (Lipinski definition) is 4. The van der Waals surface area contributed by atoms with Gasteiger partial charge in [-0.2, -0.15) is 0 Å². The zero-order valence-electron chi connectivity index (χ0n) is 11.8. The number of aliphatic hydroxyl groups is 2. The first-order chi connectivity index (χ1) is 9.13. The molecule has 19 heavy (non-hydrogen) atoms. The fraction of sp³-hybridized carbons (Fsp3) is 0.667. The molecule has 1 aromatic rings. The van der Waals surface area contributed by atoms with Gasteiger partial charge in [-0.05, 0) is 49.8 Å². The van der Waals surface area contributed by atoms with Crippen LogP contribution in [0.5, 0.6) is 0 Å². The van der Waals surface area contributed by atoms with Crippen LogP contribution in [0.25, 0.3) is 0 Å². The average Bonchev–Trinajstić information content (AvgIpc) is 2.46. The molecule has 0 saturated carbocycles. The van der Waals surface area contributed by atoms with Crippen LogP contribution in [0, 0.1) is 5.92 Å². The molecule has 1 fully saturated rings. The van der Waals surface area contributed by atoms with Crippen molar-refractivity contribution in [3.05, 3.63) is 23.4 Å². The predicted octanol–water partition coefficient (Wildman–Crippen LogP) is 1.73. The van der Waals surface area contributed by atoms with E-state index in [1.807, 2.05) is 19.1 Å². The molecule has 1 unspecified atom stereocenters. The topological polar surface area (TPSA) is 56.6 Å². The normalized spacial score (nSPS) is 18.6. The molecule has 1 saturated heterocycles. The summed E-state index contributed by atoms with van der Waals surface area (Å²) in [5.74, 6) is 1.37. The number of pyridine rings is 1. The lowest BCUT2D eigenvalue weighted by atomic mass is 9.92. The minimum absolute atomic E-state index is 0.0622. The van der Waals surface area contributed by atoms with Gasteiger partial charge in [0, 0.05) is 18.8 Å². The molecule has 0 radical (unpaired) electrons. The van der Waals surface area contributed by atoms with Crippen LogP contribution in [0.3, 0.4) is 0 Å². The molecule has 0 bridgehead atoms. The Balaban J connectivity index is 2.10. The quantitative estimate of drug-likeness (QED) is 0.869. The van der Waals surface area contributed by atoms with E-state index in [4.69, 9.17) is 0 Å². The monoisotopic (exact) mass is 264 g/mol. The van der Waals surface area contributed by atoms with Crippen LogP contribution in [-0.2, 0) is 13.0 Å². The van der Waals surface area contributed by atoms with E-state index < -0.39 is 0 Å². The summed E-state index contributed by atoms with van der Waals surface area (Å²) < 4.78 is 0. The van der Waals surface area contributed by atoms with Crippen molar-refractivity contribution in [2.75, 3.05) is 18.0 Å². The van der Waals surface area contributed by atoms with Gasteiger partial charge in [0.2, 0.25) is 0 Å². The number of anilines is 1. The SMILES string of the molecule is CCc1cc(CO)cc(N2CCC(C(C)O)CC2)n1. The lowest BCUT2D eigenvalue weighted by Gasteiger charge is -2.34. The minimum atomic E-state index is -0.218. The molecule has 0 spiro atoms. The van der Waals surface area contributed by atoms with Gasteiger partial charge >= 0.3 is 0 Å². The second-order valence-corrected chi connectivity index (χ2v) is 5.40. The van der Waals surface area contributed by atoms with E-state index in [1.165, 1.54) is 0 Å². The number of nitrogens with zero attached hydrogens (tertiary/aromatic N) is 2. The zero-order chi connectivity index (χ0) is 13.8. The molecule has 0 aliphatic carbocycles. The van der Waals surface area contributed by atoms with Crippen LogP contribution in [-0.4, -0.2) is 34.4 Å². The average molecular weight is 264 g/mol. The van der Waals surface area contributed by atoms with Gasteiger partial charge in [0.25, 0.3) is 0 Å². The molecule has 0 amide bonds. The Labute approximate surface area is 115 Å². The third-order valence-electron chi connectivity index (χ3n) is 4.02. The van der Waals surface area contributed by atoms with Crippen LogP contribution < -0.4 is 4.90 Å². The molecule has 1 aromatic heterocycles. The van der Waals surface area contributed by atoms with Crippen molar-refractivity contribution in [1.29, 1.82) is 0 Å². The maximum atomic E-state index is 9.63. The predicted molar refractivity (Wildman–Crippen MR) is 76.2 cm³/mol. The van der Waals surface area contributed by atoms with Crippen molar-refractivity contribution < 1.29 is 10.2 Å². The van der Waals surface area contributed by atoms with Gasteiger partial charge in [-0.15, -0.1) is 0 Å². The third kappa shape index (κ3) is 3.45. The van der Waals surface area contributed by atoms with Crippen molar-refractivity contribution in [1.82, 2.24) is 4.98 Å². The van der Waals surface area contributed by atoms with E-state index in [0.717, 1.165) is 49.4 Å². The van der Waals surface area contributed by atoms with Crippen LogP contribution in [0.2, 0.25) is 0 Å². The number of aryl methyl sites for hydroxylation is 1. The van der Waals surface area contributed by atoms with E-state index >= 15 is 0 Å². The molecule has 4 heteroatoms. The summed E-state index contributed by atoms with van der Waals surface area (Å²) in [4.78, 5) is 6.91. The van der Waals surface area contributed by atoms with Gasteiger partial charge in [-0.3, -0.25) is 0 Å². The van der Waals surface area contributed by atoms with Gasteiger partial charge in [0.05, 0.1) is 12.7 Å². The van der Waals surface area contributed by atoms with E-state index in [-0.39, 0.29) is 12.7 Å². The van der Waals surface area contributed by atoms with Crippen LogP contribution >= 0.6 is 0 Å². The molecular formula is C15H24N2O2. The fourth-order valence-corrected chi connectivity index (χ4v) is 2.68. The van der Waals surface area contributed by atoms with Gasteiger partial charge in [-0.1, -0.05) is 6.92 Å². The number of piperidine rings is 1. The van der Waals surface area contributed by atoms with E-state index in [2.05, 4.69) is 16.8 Å². The Bertz CT molecular complexity index is 390. The maximum absolute atomic E-state index is 9.63. The van der Waals surface area contributed by atoms with Crippen molar-refractivity contribution in [3.8, 4) is 0 Å². The third-order valence-corrected chi connectivity index (χ3v) is 4.02. The van der Waals surface area contributed by atoms with Crippen molar-refractivity contribution in [2.45, 2.75) is 45.8 Å². The van der Waals surface area contributed by atoms with Crippen molar-refractivity contribution in [2.24, 2.45) is 5.92 Å². The summed E-state index contributed by atoms with van der Waals surface area (Å²) in [6, 6.07) is 3.94. The van der Waals surface area contributed by atoms with Gasteiger partial charge < -0.3 is 15.1 Å². The molecule has 1 atom stereocenters. The van der Waals surface area contributed by atoms with Crippen molar-refractivity contribution in [3.63, 3.8) is 0 Å². The van der Waals surface area contributed by atoms with E-state index in [9.17, 15) is 10.2 Å². The molecule has 0 aromatic carbocycles. The first-order valence-electron chi connectivity index (χ1n) is 7.17.